The van der Waals surface area contributed by atoms with E-state index in [2.05, 4.69) is 0 Å². The van der Waals surface area contributed by atoms with Gasteiger partial charge in [-0.15, -0.1) is 0 Å². The monoisotopic (exact) mass is 1150 g/mol. The summed E-state index contributed by atoms with van der Waals surface area (Å²) in [5, 5.41) is 20.0. The molecule has 4 aromatic carbocycles. The Morgan fingerprint density at radius 1 is 0.514 bits per heavy atom. The molecular formula is C50H56Cl6N2O12S2. The fourth-order valence-electron chi connectivity index (χ4n) is 8.62. The van der Waals surface area contributed by atoms with Crippen molar-refractivity contribution < 1.29 is 55.7 Å². The molecule has 0 aromatic heterocycles. The number of nitrogens with zero attached hydrogens (tertiary/aromatic N) is 2. The van der Waals surface area contributed by atoms with Gasteiger partial charge >= 0.3 is 11.9 Å². The summed E-state index contributed by atoms with van der Waals surface area (Å²) in [6, 6.07) is 20.2. The highest BCUT2D eigenvalue weighted by Gasteiger charge is 2.50. The van der Waals surface area contributed by atoms with Crippen LogP contribution in [0.1, 0.15) is 114 Å². The van der Waals surface area contributed by atoms with Gasteiger partial charge in [0.15, 0.2) is 19.7 Å². The normalized spacial score (nSPS) is 21.6. The van der Waals surface area contributed by atoms with E-state index in [1.165, 1.54) is 9.80 Å². The first-order valence-electron chi connectivity index (χ1n) is 22.9. The summed E-state index contributed by atoms with van der Waals surface area (Å²) >= 11 is 37.3. The zero-order valence-electron chi connectivity index (χ0n) is 40.1. The number of hydrogen-bond acceptors (Lipinski definition) is 10. The summed E-state index contributed by atoms with van der Waals surface area (Å²) in [7, 11) is -7.09. The molecule has 2 N–H and O–H groups in total. The molecule has 392 valence electrons. The van der Waals surface area contributed by atoms with E-state index in [0.29, 0.717) is 65.2 Å². The fraction of sp³-hybridized carbons (Fsp3) is 0.440. The molecule has 2 aliphatic rings. The predicted molar refractivity (Wildman–Crippen MR) is 281 cm³/mol. The molecule has 14 nitrogen and oxygen atoms in total. The molecule has 8 atom stereocenters. The van der Waals surface area contributed by atoms with Gasteiger partial charge in [-0.3, -0.25) is 19.2 Å². The average molecular weight is 1150 g/mol. The molecule has 72 heavy (non-hydrogen) atoms. The van der Waals surface area contributed by atoms with Crippen LogP contribution in [0.15, 0.2) is 84.9 Å². The third-order valence-corrected chi connectivity index (χ3v) is 18.4. The van der Waals surface area contributed by atoms with Crippen LogP contribution in [0, 0.1) is 0 Å². The molecule has 0 unspecified atom stereocenters. The van der Waals surface area contributed by atoms with E-state index < -0.39 is 115 Å². The van der Waals surface area contributed by atoms with Crippen molar-refractivity contribution in [2.24, 2.45) is 0 Å². The van der Waals surface area contributed by atoms with Crippen LogP contribution in [0.5, 0.6) is 0 Å². The van der Waals surface area contributed by atoms with Crippen LogP contribution in [0.4, 0.5) is 0 Å². The van der Waals surface area contributed by atoms with Crippen LogP contribution < -0.4 is 0 Å². The van der Waals surface area contributed by atoms with Crippen LogP contribution in [0.25, 0.3) is 0 Å². The Morgan fingerprint density at radius 2 is 0.806 bits per heavy atom. The first-order valence-corrected chi connectivity index (χ1v) is 28.6. The Hall–Kier alpha value is -3.68. The topological polar surface area (TPSA) is 202 Å². The molecule has 2 fully saturated rings. The fourth-order valence-corrected chi connectivity index (χ4v) is 12.6. The van der Waals surface area contributed by atoms with Gasteiger partial charge in [0.2, 0.25) is 0 Å². The zero-order chi connectivity index (χ0) is 53.6. The number of sulfone groups is 2. The van der Waals surface area contributed by atoms with Crippen LogP contribution in [-0.4, -0.2) is 107 Å². The van der Waals surface area contributed by atoms with Gasteiger partial charge in [0.25, 0.3) is 11.8 Å². The quantitative estimate of drug-likeness (QED) is 0.0956. The molecule has 2 amide bonds. The van der Waals surface area contributed by atoms with Crippen molar-refractivity contribution >= 4 is 113 Å². The molecule has 2 aliphatic heterocycles. The van der Waals surface area contributed by atoms with E-state index >= 15 is 0 Å². The Balaban J connectivity index is 0.000000267. The van der Waals surface area contributed by atoms with Crippen molar-refractivity contribution in [1.29, 1.82) is 0 Å². The maximum absolute atomic E-state index is 13.7. The highest BCUT2D eigenvalue weighted by atomic mass is 35.5. The van der Waals surface area contributed by atoms with Gasteiger partial charge < -0.3 is 29.5 Å². The molecule has 2 heterocycles. The van der Waals surface area contributed by atoms with E-state index in [9.17, 15) is 46.2 Å². The second-order valence-electron chi connectivity index (χ2n) is 18.1. The van der Waals surface area contributed by atoms with E-state index in [0.717, 1.165) is 0 Å². The van der Waals surface area contributed by atoms with Crippen LogP contribution in [-0.2, 0) is 48.3 Å². The van der Waals surface area contributed by atoms with Crippen LogP contribution in [0.2, 0.25) is 30.1 Å². The number of ether oxygens (including phenoxy) is 2. The Morgan fingerprint density at radius 3 is 1.06 bits per heavy atom. The summed E-state index contributed by atoms with van der Waals surface area (Å²) in [5.41, 5.74) is 2.34. The molecule has 0 bridgehead atoms. The summed E-state index contributed by atoms with van der Waals surface area (Å²) < 4.78 is 64.0. The lowest BCUT2D eigenvalue weighted by Crippen LogP contribution is -2.56. The maximum Gasteiger partial charge on any atom is 0.306 e. The standard InChI is InChI=1S/2C25H28Cl3NO6S/c2*1-4-20(13-36(33,34)14(2)3)29-23(15-5-7-17(26)8-6-15)24(16-9-18(27)11-19(28)10-16)35-21(25(29)32)12-22(30)31/h2*5-11,14,20-21,23-24H,4,12-13H2,1-3H3,(H,30,31)/t20-,21+,23+,24+;20-,21-,23+,24+/m00/s1. The largest absolute Gasteiger partial charge is 0.481 e. The second kappa shape index (κ2) is 25.2. The van der Waals surface area contributed by atoms with E-state index in [-0.39, 0.29) is 11.5 Å². The summed E-state index contributed by atoms with van der Waals surface area (Å²) in [6.07, 6.45) is -4.92. The van der Waals surface area contributed by atoms with Gasteiger partial charge in [0.1, 0.15) is 24.4 Å². The van der Waals surface area contributed by atoms with Crippen LogP contribution >= 0.6 is 69.6 Å². The van der Waals surface area contributed by atoms with Gasteiger partial charge in [-0.25, -0.2) is 16.8 Å². The zero-order valence-corrected chi connectivity index (χ0v) is 46.2. The number of amides is 2. The Labute approximate surface area is 450 Å². The number of carbonyl (C=O) groups excluding carboxylic acids is 2. The minimum Gasteiger partial charge on any atom is -0.481 e. The van der Waals surface area contributed by atoms with Gasteiger partial charge in [-0.1, -0.05) is 108 Å². The number of aliphatic carboxylic acids is 2. The molecular weight excluding hydrogens is 1100 g/mol. The van der Waals surface area contributed by atoms with Crippen molar-refractivity contribution in [2.45, 2.75) is 126 Å². The molecule has 6 rings (SSSR count). The minimum atomic E-state index is -3.55. The molecule has 0 saturated carbocycles. The lowest BCUT2D eigenvalue weighted by molar-refractivity contribution is -0.182. The number of carboxylic acid groups (broad SMARTS) is 2. The number of benzene rings is 4. The van der Waals surface area contributed by atoms with Crippen molar-refractivity contribution in [1.82, 2.24) is 9.80 Å². The van der Waals surface area contributed by atoms with Gasteiger partial charge in [-0.05, 0) is 123 Å². The van der Waals surface area contributed by atoms with E-state index in [1.807, 2.05) is 0 Å². The summed E-state index contributed by atoms with van der Waals surface area (Å²) in [5.74, 6) is -4.17. The molecule has 0 spiro atoms. The lowest BCUT2D eigenvalue weighted by Gasteiger charge is -2.48. The number of morpholine rings is 2. The van der Waals surface area contributed by atoms with Crippen molar-refractivity contribution in [2.75, 3.05) is 11.5 Å². The number of carbonyl (C=O) groups is 4. The number of rotatable bonds is 18. The molecule has 0 aliphatic carbocycles. The van der Waals surface area contributed by atoms with Crippen LogP contribution in [0.3, 0.4) is 0 Å². The maximum atomic E-state index is 13.7. The van der Waals surface area contributed by atoms with Crippen molar-refractivity contribution in [3.63, 3.8) is 0 Å². The lowest BCUT2D eigenvalue weighted by atomic mass is 9.89. The Bertz CT molecular complexity index is 2590. The minimum absolute atomic E-state index is 0.278. The van der Waals surface area contributed by atoms with E-state index in [4.69, 9.17) is 79.1 Å². The van der Waals surface area contributed by atoms with Gasteiger partial charge in [-0.2, -0.15) is 0 Å². The molecule has 2 saturated heterocycles. The third-order valence-electron chi connectivity index (χ3n) is 12.4. The first-order chi connectivity index (χ1) is 33.7. The average Bonchev–Trinajstić information content (AvgIpc) is 3.28. The van der Waals surface area contributed by atoms with Crippen molar-refractivity contribution in [3.05, 3.63) is 137 Å². The SMILES string of the molecule is CC[C@@H](CS(=O)(=O)C(C)C)N1C(=O)[C@@H](CC(=O)O)O[C@H](c2cc(Cl)cc(Cl)c2)[C@H]1c1ccc(Cl)cc1.CC[C@@H](CS(=O)(=O)C(C)C)N1C(=O)[C@H](CC(=O)O)O[C@H](c2cc(Cl)cc(Cl)c2)[C@H]1c1ccc(Cl)cc1. The smallest absolute Gasteiger partial charge is 0.306 e. The molecule has 0 radical (unpaired) electrons. The second-order valence-corrected chi connectivity index (χ2v) is 25.9. The molecule has 4 aromatic rings. The molecule has 22 heteroatoms. The summed E-state index contributed by atoms with van der Waals surface area (Å²) in [6.45, 7) is 9.93. The first kappa shape index (κ1) is 59.2. The van der Waals surface area contributed by atoms with Crippen molar-refractivity contribution in [3.8, 4) is 0 Å². The highest BCUT2D eigenvalue weighted by molar-refractivity contribution is 7.92. The number of carboxylic acids is 2. The Kier molecular flexibility index (Phi) is 20.7. The van der Waals surface area contributed by atoms with Gasteiger partial charge in [0, 0.05) is 42.2 Å². The van der Waals surface area contributed by atoms with E-state index in [1.54, 1.807) is 126 Å². The predicted octanol–water partition coefficient (Wildman–Crippen LogP) is 11.5. The number of halogens is 6. The number of hydrogen-bond donors (Lipinski definition) is 2. The highest BCUT2D eigenvalue weighted by Crippen LogP contribution is 2.47. The third kappa shape index (κ3) is 14.8. The van der Waals surface area contributed by atoms with Gasteiger partial charge in [0.05, 0.1) is 46.9 Å². The summed E-state index contributed by atoms with van der Waals surface area (Å²) in [4.78, 5) is 53.7.